The number of aromatic nitrogens is 1. The van der Waals surface area contributed by atoms with Crippen LogP contribution in [0.25, 0.3) is 5.52 Å². The lowest BCUT2D eigenvalue weighted by atomic mass is 10.00. The summed E-state index contributed by atoms with van der Waals surface area (Å²) in [6.07, 6.45) is 2.52. The summed E-state index contributed by atoms with van der Waals surface area (Å²) in [5.41, 5.74) is 0.317. The second-order valence-electron chi connectivity index (χ2n) is 8.39. The van der Waals surface area contributed by atoms with Gasteiger partial charge in [0.2, 0.25) is 10.0 Å². The number of fused-ring (bicyclic) bond motifs is 2. The van der Waals surface area contributed by atoms with Crippen LogP contribution in [0.2, 0.25) is 0 Å². The average molecular weight is 543 g/mol. The molecule has 0 bridgehead atoms. The van der Waals surface area contributed by atoms with E-state index in [-0.39, 0.29) is 28.3 Å². The molecule has 1 aliphatic heterocycles. The highest BCUT2D eigenvalue weighted by molar-refractivity contribution is 7.92. The molecule has 0 radical (unpaired) electrons. The van der Waals surface area contributed by atoms with Crippen LogP contribution in [0.1, 0.15) is 16.7 Å². The summed E-state index contributed by atoms with van der Waals surface area (Å²) in [6.45, 7) is 0. The second-order valence-corrected chi connectivity index (χ2v) is 11.7. The Kier molecular flexibility index (Phi) is 5.76. The highest BCUT2D eigenvalue weighted by atomic mass is 32.2. The van der Waals surface area contributed by atoms with Crippen molar-refractivity contribution in [2.45, 2.75) is 11.3 Å². The van der Waals surface area contributed by atoms with Crippen molar-refractivity contribution >= 4 is 42.8 Å². The third-order valence-electron chi connectivity index (χ3n) is 5.68. The van der Waals surface area contributed by atoms with Gasteiger partial charge in [0.1, 0.15) is 22.0 Å². The summed E-state index contributed by atoms with van der Waals surface area (Å²) in [5, 5.41) is 14.0. The van der Waals surface area contributed by atoms with Crippen molar-refractivity contribution in [1.82, 2.24) is 4.40 Å². The van der Waals surface area contributed by atoms with Gasteiger partial charge >= 0.3 is 0 Å². The van der Waals surface area contributed by atoms with Crippen molar-refractivity contribution < 1.29 is 26.3 Å². The Balaban J connectivity index is 1.67. The van der Waals surface area contributed by atoms with Crippen LogP contribution in [0.4, 0.5) is 15.8 Å². The van der Waals surface area contributed by atoms with Gasteiger partial charge in [0.05, 0.1) is 17.5 Å². The van der Waals surface area contributed by atoms with Gasteiger partial charge in [-0.1, -0.05) is 18.2 Å². The maximum absolute atomic E-state index is 13.4. The van der Waals surface area contributed by atoms with Crippen LogP contribution in [0.3, 0.4) is 0 Å². The molecule has 0 amide bonds. The number of hydrogen-bond acceptors (Lipinski definition) is 7. The molecule has 1 aliphatic rings. The Morgan fingerprint density at radius 1 is 1.11 bits per heavy atom. The zero-order valence-electron chi connectivity index (χ0n) is 19.1. The largest absolute Gasteiger partial charge is 0.507 e. The number of nitrogens with zero attached hydrogens (tertiary/aromatic N) is 2. The van der Waals surface area contributed by atoms with Crippen LogP contribution in [0.5, 0.6) is 5.75 Å². The van der Waals surface area contributed by atoms with E-state index in [9.17, 15) is 31.1 Å². The third-order valence-corrected chi connectivity index (χ3v) is 7.61. The minimum Gasteiger partial charge on any atom is -0.507 e. The van der Waals surface area contributed by atoms with Gasteiger partial charge in [0.15, 0.2) is 5.84 Å². The molecule has 37 heavy (non-hydrogen) atoms. The summed E-state index contributed by atoms with van der Waals surface area (Å²) >= 11 is 0. The monoisotopic (exact) mass is 542 g/mol. The lowest BCUT2D eigenvalue weighted by Gasteiger charge is -2.21. The molecule has 13 heteroatoms. The smallest absolute Gasteiger partial charge is 0.286 e. The Morgan fingerprint density at radius 2 is 1.84 bits per heavy atom. The van der Waals surface area contributed by atoms with Gasteiger partial charge in [-0.2, -0.15) is 8.42 Å². The lowest BCUT2D eigenvalue weighted by Crippen LogP contribution is -2.31. The van der Waals surface area contributed by atoms with Crippen LogP contribution < -0.4 is 15.6 Å². The molecule has 5 rings (SSSR count). The standard InChI is InChI=1S/C24H19FN4O6S2/c1-36(32,33)27-16-9-10-18-20(13-16)37(34,35)28-23(26-18)21-22(30)17(12-14-5-7-15(25)8-6-14)19-4-2-3-11-29(19)24(21)31/h2-11,13,27,30H,12H2,1H3,(H,26,28). The molecule has 0 saturated carbocycles. The molecule has 0 unspecified atom stereocenters. The molecule has 0 spiro atoms. The quantitative estimate of drug-likeness (QED) is 0.351. The number of amidine groups is 1. The van der Waals surface area contributed by atoms with Crippen molar-refractivity contribution in [2.75, 3.05) is 16.3 Å². The molecule has 4 aromatic rings. The van der Waals surface area contributed by atoms with Gasteiger partial charge in [0.25, 0.3) is 15.6 Å². The summed E-state index contributed by atoms with van der Waals surface area (Å²) in [6, 6.07) is 14.3. The summed E-state index contributed by atoms with van der Waals surface area (Å²) in [7, 11) is -8.05. The SMILES string of the molecule is CS(=O)(=O)Nc1ccc2c(c1)S(=O)(=O)N=C(c1c(O)c(Cc3ccc(F)cc3)c3ccccn3c1=O)N2. The van der Waals surface area contributed by atoms with Crippen LogP contribution in [-0.2, 0) is 26.5 Å². The number of sulfonamides is 2. The number of benzene rings is 2. The summed E-state index contributed by atoms with van der Waals surface area (Å²) in [4.78, 5) is 13.1. The van der Waals surface area contributed by atoms with E-state index in [1.165, 1.54) is 47.0 Å². The van der Waals surface area contributed by atoms with Crippen molar-refractivity contribution in [3.05, 3.63) is 99.7 Å². The molecule has 0 atom stereocenters. The topological polar surface area (TPSA) is 146 Å². The van der Waals surface area contributed by atoms with Crippen LogP contribution in [0, 0.1) is 5.82 Å². The molecular weight excluding hydrogens is 523 g/mol. The molecule has 0 fully saturated rings. The van der Waals surface area contributed by atoms with E-state index in [0.29, 0.717) is 16.6 Å². The number of nitrogens with one attached hydrogen (secondary N) is 2. The van der Waals surface area contributed by atoms with Crippen molar-refractivity contribution in [3.63, 3.8) is 0 Å². The van der Waals surface area contributed by atoms with Gasteiger partial charge in [0, 0.05) is 23.9 Å². The van der Waals surface area contributed by atoms with Crippen molar-refractivity contribution in [1.29, 1.82) is 0 Å². The van der Waals surface area contributed by atoms with Crippen molar-refractivity contribution in [2.24, 2.45) is 4.40 Å². The highest BCUT2D eigenvalue weighted by Crippen LogP contribution is 2.34. The first-order valence-electron chi connectivity index (χ1n) is 10.8. The molecule has 3 heterocycles. The molecule has 2 aromatic carbocycles. The average Bonchev–Trinajstić information content (AvgIpc) is 2.82. The van der Waals surface area contributed by atoms with Gasteiger partial charge in [-0.05, 0) is 48.0 Å². The number of aromatic hydroxyl groups is 1. The zero-order chi connectivity index (χ0) is 26.5. The van der Waals surface area contributed by atoms with E-state index < -0.39 is 43.0 Å². The van der Waals surface area contributed by atoms with Crippen LogP contribution >= 0.6 is 0 Å². The molecule has 2 aromatic heterocycles. The number of rotatable bonds is 5. The molecule has 0 aliphatic carbocycles. The summed E-state index contributed by atoms with van der Waals surface area (Å²) < 4.78 is 69.8. The first kappa shape index (κ1) is 24.5. The predicted molar refractivity (Wildman–Crippen MR) is 137 cm³/mol. The van der Waals surface area contributed by atoms with Gasteiger partial charge in [-0.3, -0.25) is 13.9 Å². The molecule has 10 nitrogen and oxygen atoms in total. The fraction of sp³-hybridized carbons (Fsp3) is 0.0833. The Hall–Kier alpha value is -4.23. The Morgan fingerprint density at radius 3 is 2.54 bits per heavy atom. The minimum absolute atomic E-state index is 0.0143. The number of anilines is 2. The maximum atomic E-state index is 13.4. The molecule has 0 saturated heterocycles. The van der Waals surface area contributed by atoms with E-state index in [2.05, 4.69) is 14.4 Å². The Labute approximate surface area is 210 Å². The fourth-order valence-electron chi connectivity index (χ4n) is 4.10. The van der Waals surface area contributed by atoms with Crippen LogP contribution in [-0.4, -0.2) is 38.4 Å². The minimum atomic E-state index is -4.39. The van der Waals surface area contributed by atoms with Gasteiger partial charge < -0.3 is 10.4 Å². The van der Waals surface area contributed by atoms with E-state index >= 15 is 0 Å². The van der Waals surface area contributed by atoms with Gasteiger partial charge in [-0.25, -0.2) is 12.8 Å². The van der Waals surface area contributed by atoms with Gasteiger partial charge in [-0.15, -0.1) is 4.40 Å². The first-order valence-corrected chi connectivity index (χ1v) is 14.1. The summed E-state index contributed by atoms with van der Waals surface area (Å²) in [5.74, 6) is -1.29. The maximum Gasteiger partial charge on any atom is 0.286 e. The van der Waals surface area contributed by atoms with E-state index in [1.807, 2.05) is 0 Å². The second kappa shape index (κ2) is 8.71. The number of halogens is 1. The van der Waals surface area contributed by atoms with E-state index in [4.69, 9.17) is 0 Å². The molecule has 190 valence electrons. The lowest BCUT2D eigenvalue weighted by molar-refractivity contribution is 0.467. The number of pyridine rings is 2. The first-order chi connectivity index (χ1) is 17.4. The molecule has 3 N–H and O–H groups in total. The number of hydrogen-bond donors (Lipinski definition) is 3. The Bertz CT molecular complexity index is 1880. The van der Waals surface area contributed by atoms with E-state index in [1.54, 1.807) is 18.2 Å². The third kappa shape index (κ3) is 4.66. The van der Waals surface area contributed by atoms with Crippen molar-refractivity contribution in [3.8, 4) is 5.75 Å². The highest BCUT2D eigenvalue weighted by Gasteiger charge is 2.30. The van der Waals surface area contributed by atoms with Crippen LogP contribution in [0.15, 0.2) is 80.9 Å². The fourth-order valence-corrected chi connectivity index (χ4v) is 5.80. The normalized spacial score (nSPS) is 14.5. The predicted octanol–water partition coefficient (Wildman–Crippen LogP) is 2.67. The van der Waals surface area contributed by atoms with E-state index in [0.717, 1.165) is 12.3 Å². The molecular formula is C24H19FN4O6S2. The zero-order valence-corrected chi connectivity index (χ0v) is 20.8.